The molecular formula is C33H40ClN5O2S. The highest BCUT2D eigenvalue weighted by molar-refractivity contribution is 7.22. The van der Waals surface area contributed by atoms with Crippen LogP contribution in [0.25, 0.3) is 32.0 Å². The average Bonchev–Trinajstić information content (AvgIpc) is 3.35. The van der Waals surface area contributed by atoms with E-state index in [2.05, 4.69) is 41.6 Å². The van der Waals surface area contributed by atoms with E-state index in [1.165, 1.54) is 0 Å². The number of ether oxygens (including phenoxy) is 1. The van der Waals surface area contributed by atoms with Crippen LogP contribution in [0.4, 0.5) is 5.95 Å². The van der Waals surface area contributed by atoms with E-state index in [-0.39, 0.29) is 5.78 Å². The molecule has 4 aromatic rings. The van der Waals surface area contributed by atoms with Crippen molar-refractivity contribution in [1.82, 2.24) is 19.9 Å². The first-order valence-electron chi connectivity index (χ1n) is 14.5. The van der Waals surface area contributed by atoms with Crippen molar-refractivity contribution in [2.75, 3.05) is 24.5 Å². The van der Waals surface area contributed by atoms with E-state index in [9.17, 15) is 4.79 Å². The van der Waals surface area contributed by atoms with Gasteiger partial charge in [0.05, 0.1) is 15.8 Å². The Hall–Kier alpha value is -2.91. The van der Waals surface area contributed by atoms with Crippen molar-refractivity contribution in [1.29, 1.82) is 0 Å². The Morgan fingerprint density at radius 1 is 1.12 bits per heavy atom. The fourth-order valence-corrected chi connectivity index (χ4v) is 6.84. The summed E-state index contributed by atoms with van der Waals surface area (Å²) in [6, 6.07) is 12.5. The van der Waals surface area contributed by atoms with E-state index in [4.69, 9.17) is 26.3 Å². The molecule has 0 bridgehead atoms. The molecule has 2 aromatic heterocycles. The summed E-state index contributed by atoms with van der Waals surface area (Å²) in [5, 5.41) is 1.46. The van der Waals surface area contributed by atoms with E-state index in [1.807, 2.05) is 64.2 Å². The molecule has 0 unspecified atom stereocenters. The number of rotatable bonds is 7. The number of halogens is 1. The summed E-state index contributed by atoms with van der Waals surface area (Å²) in [5.41, 5.74) is 4.86. The van der Waals surface area contributed by atoms with Gasteiger partial charge in [0.15, 0.2) is 5.78 Å². The van der Waals surface area contributed by atoms with Gasteiger partial charge in [-0.25, -0.2) is 15.0 Å². The molecule has 42 heavy (non-hydrogen) atoms. The summed E-state index contributed by atoms with van der Waals surface area (Å²) >= 11 is 7.85. The fourth-order valence-electron chi connectivity index (χ4n) is 5.62. The van der Waals surface area contributed by atoms with Gasteiger partial charge in [-0.15, -0.1) is 11.3 Å². The van der Waals surface area contributed by atoms with E-state index < -0.39 is 11.7 Å². The summed E-state index contributed by atoms with van der Waals surface area (Å²) in [4.78, 5) is 32.6. The molecule has 2 atom stereocenters. The lowest BCUT2D eigenvalue weighted by molar-refractivity contribution is -0.138. The van der Waals surface area contributed by atoms with Crippen molar-refractivity contribution in [3.8, 4) is 21.8 Å². The van der Waals surface area contributed by atoms with E-state index >= 15 is 0 Å². The number of thiazole rings is 1. The molecule has 3 heterocycles. The van der Waals surface area contributed by atoms with Gasteiger partial charge in [-0.3, -0.25) is 9.69 Å². The molecule has 5 rings (SSSR count). The van der Waals surface area contributed by atoms with E-state index in [1.54, 1.807) is 18.3 Å². The van der Waals surface area contributed by atoms with Crippen LogP contribution in [0.1, 0.15) is 65.7 Å². The van der Waals surface area contributed by atoms with Gasteiger partial charge in [-0.1, -0.05) is 23.7 Å². The first kappa shape index (κ1) is 30.5. The second kappa shape index (κ2) is 12.0. The van der Waals surface area contributed by atoms with E-state index in [0.29, 0.717) is 17.1 Å². The standard InChI is InChI=1S/C33H40ClN5O2S/c1-19(2)38-15-16-39(21(4)18-38)32-35-14-13-25(37-32)31-36-26-17-20(3)27(29(22(5)40)41-33(6,7)8)28(30(26)42-31)23-9-11-24(34)12-10-23/h9-14,17,19,21,29H,15-16,18H2,1-8H3/t21-,29+/m0/s1. The van der Waals surface area contributed by atoms with Crippen LogP contribution in [0.15, 0.2) is 42.6 Å². The Morgan fingerprint density at radius 3 is 2.45 bits per heavy atom. The van der Waals surface area contributed by atoms with Gasteiger partial charge in [-0.2, -0.15) is 0 Å². The third kappa shape index (κ3) is 6.37. The number of benzene rings is 2. The van der Waals surface area contributed by atoms with Crippen molar-refractivity contribution in [3.63, 3.8) is 0 Å². The zero-order valence-electron chi connectivity index (χ0n) is 25.7. The maximum Gasteiger partial charge on any atom is 0.226 e. The van der Waals surface area contributed by atoms with Crippen LogP contribution < -0.4 is 4.90 Å². The predicted octanol–water partition coefficient (Wildman–Crippen LogP) is 7.75. The summed E-state index contributed by atoms with van der Waals surface area (Å²) < 4.78 is 7.37. The summed E-state index contributed by atoms with van der Waals surface area (Å²) in [7, 11) is 0. The number of aromatic nitrogens is 3. The Balaban J connectivity index is 1.63. The Morgan fingerprint density at radius 2 is 1.83 bits per heavy atom. The molecule has 0 amide bonds. The molecule has 1 aliphatic heterocycles. The number of carbonyl (C=O) groups is 1. The number of aryl methyl sites for hydroxylation is 1. The minimum atomic E-state index is -0.720. The molecule has 0 aliphatic carbocycles. The lowest BCUT2D eigenvalue weighted by Gasteiger charge is -2.41. The van der Waals surface area contributed by atoms with Gasteiger partial charge in [0.1, 0.15) is 16.8 Å². The number of Topliss-reactive ketones (excluding diaryl/α,β-unsaturated/α-hetero) is 1. The summed E-state index contributed by atoms with van der Waals surface area (Å²) in [6.07, 6.45) is 1.10. The molecule has 0 N–H and O–H groups in total. The molecule has 7 nitrogen and oxygen atoms in total. The van der Waals surface area contributed by atoms with Crippen molar-refractivity contribution >= 4 is 44.9 Å². The number of piperazine rings is 1. The number of nitrogens with zero attached hydrogens (tertiary/aromatic N) is 5. The Labute approximate surface area is 257 Å². The Bertz CT molecular complexity index is 1590. The third-order valence-corrected chi connectivity index (χ3v) is 9.03. The SMILES string of the molecule is CC(=O)[C@@H](OC(C)(C)C)c1c(C)cc2nc(-c3ccnc(N4CCN(C(C)C)C[C@@H]4C)n3)sc2c1-c1ccc(Cl)cc1. The highest BCUT2D eigenvalue weighted by atomic mass is 35.5. The van der Waals surface area contributed by atoms with Crippen LogP contribution in [0.5, 0.6) is 0 Å². The molecule has 9 heteroatoms. The number of carbonyl (C=O) groups excluding carboxylic acids is 1. The molecule has 2 aromatic carbocycles. The maximum atomic E-state index is 13.1. The second-order valence-corrected chi connectivity index (χ2v) is 13.9. The van der Waals surface area contributed by atoms with Gasteiger partial charge in [0, 0.05) is 54.1 Å². The molecule has 1 saturated heterocycles. The molecule has 222 valence electrons. The van der Waals surface area contributed by atoms with Crippen molar-refractivity contribution in [2.24, 2.45) is 0 Å². The first-order chi connectivity index (χ1) is 19.8. The number of ketones is 1. The predicted molar refractivity (Wildman–Crippen MR) is 174 cm³/mol. The van der Waals surface area contributed by atoms with Crippen LogP contribution in [-0.4, -0.2) is 63.0 Å². The monoisotopic (exact) mass is 605 g/mol. The third-order valence-electron chi connectivity index (χ3n) is 7.67. The van der Waals surface area contributed by atoms with E-state index in [0.717, 1.165) is 68.8 Å². The van der Waals surface area contributed by atoms with Crippen LogP contribution >= 0.6 is 22.9 Å². The number of anilines is 1. The van der Waals surface area contributed by atoms with Crippen molar-refractivity contribution < 1.29 is 9.53 Å². The van der Waals surface area contributed by atoms with Crippen LogP contribution in [-0.2, 0) is 9.53 Å². The number of hydrogen-bond donors (Lipinski definition) is 0. The van der Waals surface area contributed by atoms with Gasteiger partial charge >= 0.3 is 0 Å². The minimum absolute atomic E-state index is 0.0422. The normalized spacial score (nSPS) is 17.3. The molecule has 1 aliphatic rings. The smallest absolute Gasteiger partial charge is 0.226 e. The topological polar surface area (TPSA) is 71.5 Å². The number of fused-ring (bicyclic) bond motifs is 1. The van der Waals surface area contributed by atoms with Crippen molar-refractivity contribution in [3.05, 3.63) is 58.7 Å². The first-order valence-corrected chi connectivity index (χ1v) is 15.7. The van der Waals surface area contributed by atoms with Crippen LogP contribution in [0.2, 0.25) is 5.02 Å². The zero-order chi connectivity index (χ0) is 30.3. The zero-order valence-corrected chi connectivity index (χ0v) is 27.3. The van der Waals surface area contributed by atoms with Crippen LogP contribution in [0.3, 0.4) is 0 Å². The van der Waals surface area contributed by atoms with Gasteiger partial charge in [-0.05, 0) is 90.8 Å². The largest absolute Gasteiger partial charge is 0.360 e. The lowest BCUT2D eigenvalue weighted by Crippen LogP contribution is -2.54. The minimum Gasteiger partial charge on any atom is -0.360 e. The maximum absolute atomic E-state index is 13.1. The fraction of sp³-hybridized carbons (Fsp3) is 0.455. The second-order valence-electron chi connectivity index (χ2n) is 12.5. The van der Waals surface area contributed by atoms with Crippen molar-refractivity contribution in [2.45, 2.75) is 79.2 Å². The van der Waals surface area contributed by atoms with Gasteiger partial charge in [0.2, 0.25) is 5.95 Å². The number of hydrogen-bond acceptors (Lipinski definition) is 8. The summed E-state index contributed by atoms with van der Waals surface area (Å²) in [6.45, 7) is 19.1. The quantitative estimate of drug-likeness (QED) is 0.213. The van der Waals surface area contributed by atoms with Gasteiger partial charge in [0.25, 0.3) is 0 Å². The van der Waals surface area contributed by atoms with Crippen LogP contribution in [0, 0.1) is 6.92 Å². The molecule has 0 spiro atoms. The molecular weight excluding hydrogens is 566 g/mol. The summed E-state index contributed by atoms with van der Waals surface area (Å²) in [5.74, 6) is 0.687. The highest BCUT2D eigenvalue weighted by Gasteiger charge is 2.31. The Kier molecular flexibility index (Phi) is 8.72. The highest BCUT2D eigenvalue weighted by Crippen LogP contribution is 2.44. The average molecular weight is 606 g/mol. The molecule has 1 fully saturated rings. The lowest BCUT2D eigenvalue weighted by atomic mass is 9.90. The molecule has 0 radical (unpaired) electrons. The van der Waals surface area contributed by atoms with Gasteiger partial charge < -0.3 is 9.64 Å². The molecule has 0 saturated carbocycles.